The van der Waals surface area contributed by atoms with Crippen molar-refractivity contribution in [2.75, 3.05) is 46.6 Å². The first-order chi connectivity index (χ1) is 18.0. The van der Waals surface area contributed by atoms with Gasteiger partial charge in [-0.3, -0.25) is 9.58 Å². The Morgan fingerprint density at radius 3 is 2.51 bits per heavy atom. The Labute approximate surface area is 217 Å². The van der Waals surface area contributed by atoms with Crippen LogP contribution in [0, 0.1) is 11.6 Å². The zero-order valence-corrected chi connectivity index (χ0v) is 21.0. The molecular weight excluding hydrogens is 504 g/mol. The minimum absolute atomic E-state index is 0.0990. The van der Waals surface area contributed by atoms with Crippen molar-refractivity contribution >= 4 is 22.5 Å². The highest BCUT2D eigenvalue weighted by atomic mass is 35.5. The summed E-state index contributed by atoms with van der Waals surface area (Å²) < 4.78 is 47.1. The van der Waals surface area contributed by atoms with Crippen LogP contribution in [-0.4, -0.2) is 71.3 Å². The first-order valence-electron chi connectivity index (χ1n) is 11.9. The molecule has 0 radical (unpaired) electrons. The molecule has 0 amide bonds. The van der Waals surface area contributed by atoms with Crippen LogP contribution in [0.1, 0.15) is 11.3 Å². The van der Waals surface area contributed by atoms with Crippen molar-refractivity contribution in [3.63, 3.8) is 0 Å². The van der Waals surface area contributed by atoms with Crippen LogP contribution >= 0.6 is 11.6 Å². The number of fused-ring (bicyclic) bond motifs is 1. The Kier molecular flexibility index (Phi) is 7.90. The van der Waals surface area contributed by atoms with Crippen LogP contribution < -0.4 is 4.74 Å². The monoisotopic (exact) mass is 529 g/mol. The fourth-order valence-electron chi connectivity index (χ4n) is 4.26. The van der Waals surface area contributed by atoms with E-state index in [1.807, 2.05) is 24.3 Å². The number of methoxy groups -OCH3 is 1. The SMILES string of the molecule is COCCOc1cc(F)c(Cn2nc(-c3nc(Cl)cc(CN4CCOCC4)n3)c3ccccc32)c(F)c1. The molecule has 0 bridgehead atoms. The third kappa shape index (κ3) is 5.88. The van der Waals surface area contributed by atoms with Crippen LogP contribution in [0.4, 0.5) is 8.78 Å². The van der Waals surface area contributed by atoms with Crippen LogP contribution in [0.25, 0.3) is 22.4 Å². The molecule has 4 aromatic rings. The topological polar surface area (TPSA) is 74.5 Å². The van der Waals surface area contributed by atoms with Gasteiger partial charge in [0.25, 0.3) is 0 Å². The maximum atomic E-state index is 14.9. The van der Waals surface area contributed by atoms with E-state index >= 15 is 0 Å². The molecule has 2 aromatic carbocycles. The van der Waals surface area contributed by atoms with E-state index in [1.165, 1.54) is 19.2 Å². The number of hydrogen-bond acceptors (Lipinski definition) is 7. The predicted molar refractivity (Wildman–Crippen MR) is 135 cm³/mol. The first-order valence-corrected chi connectivity index (χ1v) is 12.3. The molecule has 0 N–H and O–H groups in total. The van der Waals surface area contributed by atoms with E-state index in [0.29, 0.717) is 48.6 Å². The van der Waals surface area contributed by atoms with Gasteiger partial charge in [-0.1, -0.05) is 29.8 Å². The second-order valence-corrected chi connectivity index (χ2v) is 9.01. The Morgan fingerprint density at radius 2 is 1.76 bits per heavy atom. The van der Waals surface area contributed by atoms with Gasteiger partial charge in [0.05, 0.1) is 37.6 Å². The fraction of sp³-hybridized carbons (Fsp3) is 0.346. The molecule has 1 aliphatic heterocycles. The predicted octanol–water partition coefficient (Wildman–Crippen LogP) is 4.33. The van der Waals surface area contributed by atoms with Crippen molar-refractivity contribution in [1.29, 1.82) is 0 Å². The molecule has 0 spiro atoms. The number of halogens is 3. The third-order valence-corrected chi connectivity index (χ3v) is 6.28. The van der Waals surface area contributed by atoms with Gasteiger partial charge in [-0.25, -0.2) is 18.7 Å². The number of morpholine rings is 1. The van der Waals surface area contributed by atoms with Gasteiger partial charge in [0.1, 0.15) is 34.8 Å². The van der Waals surface area contributed by atoms with Crippen molar-refractivity contribution in [2.45, 2.75) is 13.1 Å². The van der Waals surface area contributed by atoms with Gasteiger partial charge in [0.15, 0.2) is 5.82 Å². The molecule has 0 aliphatic carbocycles. The summed E-state index contributed by atoms with van der Waals surface area (Å²) >= 11 is 6.36. The maximum Gasteiger partial charge on any atom is 0.182 e. The normalized spacial score (nSPS) is 14.4. The average molecular weight is 530 g/mol. The summed E-state index contributed by atoms with van der Waals surface area (Å²) in [5, 5.41) is 5.72. The quantitative estimate of drug-likeness (QED) is 0.236. The molecule has 0 atom stereocenters. The number of benzene rings is 2. The second-order valence-electron chi connectivity index (χ2n) is 8.62. The van der Waals surface area contributed by atoms with Gasteiger partial charge in [0, 0.05) is 49.8 Å². The number of hydrogen-bond donors (Lipinski definition) is 0. The largest absolute Gasteiger partial charge is 0.491 e. The van der Waals surface area contributed by atoms with Gasteiger partial charge in [-0.15, -0.1) is 0 Å². The number of ether oxygens (including phenoxy) is 3. The lowest BCUT2D eigenvalue weighted by atomic mass is 10.1. The molecule has 8 nitrogen and oxygen atoms in total. The van der Waals surface area contributed by atoms with Gasteiger partial charge in [0.2, 0.25) is 0 Å². The fourth-order valence-corrected chi connectivity index (χ4v) is 4.47. The Balaban J connectivity index is 1.47. The highest BCUT2D eigenvalue weighted by Gasteiger charge is 2.20. The van der Waals surface area contributed by atoms with Gasteiger partial charge >= 0.3 is 0 Å². The number of aromatic nitrogens is 4. The van der Waals surface area contributed by atoms with E-state index in [-0.39, 0.29) is 24.5 Å². The van der Waals surface area contributed by atoms with Crippen LogP contribution in [-0.2, 0) is 22.6 Å². The summed E-state index contributed by atoms with van der Waals surface area (Å²) in [6.07, 6.45) is 0. The molecule has 194 valence electrons. The molecule has 1 fully saturated rings. The van der Waals surface area contributed by atoms with Crippen molar-refractivity contribution in [1.82, 2.24) is 24.6 Å². The first kappa shape index (κ1) is 25.5. The molecule has 37 heavy (non-hydrogen) atoms. The summed E-state index contributed by atoms with van der Waals surface area (Å²) in [5.74, 6) is -0.990. The summed E-state index contributed by atoms with van der Waals surface area (Å²) in [6.45, 7) is 3.94. The van der Waals surface area contributed by atoms with Crippen LogP contribution in [0.15, 0.2) is 42.5 Å². The van der Waals surface area contributed by atoms with E-state index in [0.717, 1.165) is 24.2 Å². The molecule has 0 unspecified atom stereocenters. The molecule has 2 aromatic heterocycles. The van der Waals surface area contributed by atoms with Gasteiger partial charge in [-0.05, 0) is 12.1 Å². The van der Waals surface area contributed by atoms with Crippen molar-refractivity contribution in [3.05, 3.63) is 70.5 Å². The number of rotatable bonds is 9. The molecule has 3 heterocycles. The lowest BCUT2D eigenvalue weighted by molar-refractivity contribution is 0.0336. The van der Waals surface area contributed by atoms with E-state index in [2.05, 4.69) is 15.0 Å². The Morgan fingerprint density at radius 1 is 1.00 bits per heavy atom. The highest BCUT2D eigenvalue weighted by molar-refractivity contribution is 6.29. The van der Waals surface area contributed by atoms with E-state index in [4.69, 9.17) is 30.8 Å². The standard InChI is InChI=1S/C26H26ClF2N5O3/c1-35-10-11-37-18-13-21(28)20(22(29)14-18)16-34-23-5-3-2-4-19(23)25(32-34)26-30-17(12-24(27)31-26)15-33-6-8-36-9-7-33/h2-5,12-14H,6-11,15-16H2,1H3. The summed E-state index contributed by atoms with van der Waals surface area (Å²) in [4.78, 5) is 11.4. The lowest BCUT2D eigenvalue weighted by Gasteiger charge is -2.26. The average Bonchev–Trinajstić information content (AvgIpc) is 3.25. The minimum Gasteiger partial charge on any atom is -0.491 e. The molecular formula is C26H26ClF2N5O3. The zero-order valence-electron chi connectivity index (χ0n) is 20.3. The van der Waals surface area contributed by atoms with E-state index < -0.39 is 11.6 Å². The minimum atomic E-state index is -0.722. The third-order valence-electron chi connectivity index (χ3n) is 6.09. The highest BCUT2D eigenvalue weighted by Crippen LogP contribution is 2.29. The zero-order chi connectivity index (χ0) is 25.8. The number of nitrogens with zero attached hydrogens (tertiary/aromatic N) is 5. The Hall–Kier alpha value is -3.18. The molecule has 5 rings (SSSR count). The number of para-hydroxylation sites is 1. The molecule has 1 saturated heterocycles. The summed E-state index contributed by atoms with van der Waals surface area (Å²) in [5.41, 5.74) is 1.81. The van der Waals surface area contributed by atoms with Crippen molar-refractivity contribution in [3.8, 4) is 17.3 Å². The van der Waals surface area contributed by atoms with E-state index in [9.17, 15) is 8.78 Å². The lowest BCUT2D eigenvalue weighted by Crippen LogP contribution is -2.35. The van der Waals surface area contributed by atoms with Gasteiger partial charge in [-0.2, -0.15) is 5.10 Å². The van der Waals surface area contributed by atoms with Crippen molar-refractivity contribution < 1.29 is 23.0 Å². The second kappa shape index (κ2) is 11.5. The van der Waals surface area contributed by atoms with Gasteiger partial charge < -0.3 is 14.2 Å². The molecule has 1 aliphatic rings. The molecule has 0 saturated carbocycles. The summed E-state index contributed by atoms with van der Waals surface area (Å²) in [6, 6.07) is 11.5. The summed E-state index contributed by atoms with van der Waals surface area (Å²) in [7, 11) is 1.52. The van der Waals surface area contributed by atoms with Crippen LogP contribution in [0.5, 0.6) is 5.75 Å². The Bertz CT molecular complexity index is 1370. The van der Waals surface area contributed by atoms with Crippen LogP contribution in [0.3, 0.4) is 0 Å². The van der Waals surface area contributed by atoms with E-state index in [1.54, 1.807) is 10.7 Å². The smallest absolute Gasteiger partial charge is 0.182 e. The van der Waals surface area contributed by atoms with Crippen molar-refractivity contribution in [2.24, 2.45) is 0 Å². The van der Waals surface area contributed by atoms with Crippen LogP contribution in [0.2, 0.25) is 5.15 Å². The maximum absolute atomic E-state index is 14.9. The molecule has 11 heteroatoms.